The van der Waals surface area contributed by atoms with E-state index >= 15 is 0 Å². The molecule has 1 N–H and O–H groups in total. The summed E-state index contributed by atoms with van der Waals surface area (Å²) < 4.78 is 0. The largest absolute Gasteiger partial charge is 0.392 e. The van der Waals surface area contributed by atoms with Crippen LogP contribution in [0, 0.1) is 11.3 Å². The smallest absolute Gasteiger partial charge is 0.102 e. The Hall–Kier alpha value is -1.32. The fourth-order valence-electron chi connectivity index (χ4n) is 3.40. The van der Waals surface area contributed by atoms with Gasteiger partial charge >= 0.3 is 0 Å². The van der Waals surface area contributed by atoms with Gasteiger partial charge < -0.3 is 5.11 Å². The van der Waals surface area contributed by atoms with Crippen LogP contribution in [0.4, 0.5) is 0 Å². The molecule has 1 aliphatic rings. The highest BCUT2D eigenvalue weighted by Gasteiger charge is 2.29. The van der Waals surface area contributed by atoms with Crippen LogP contribution in [0.1, 0.15) is 49.6 Å². The zero-order valence-corrected chi connectivity index (χ0v) is 15.7. The van der Waals surface area contributed by atoms with Crippen LogP contribution in [0.5, 0.6) is 0 Å². The third-order valence-electron chi connectivity index (χ3n) is 5.04. The van der Waals surface area contributed by atoms with Gasteiger partial charge in [0.1, 0.15) is 5.03 Å². The van der Waals surface area contributed by atoms with Crippen LogP contribution >= 0.6 is 11.8 Å². The summed E-state index contributed by atoms with van der Waals surface area (Å²) in [7, 11) is 0. The maximum Gasteiger partial charge on any atom is 0.102 e. The summed E-state index contributed by atoms with van der Waals surface area (Å²) >= 11 is 1.73. The summed E-state index contributed by atoms with van der Waals surface area (Å²) in [5.74, 6) is 1.59. The predicted molar refractivity (Wildman–Crippen MR) is 101 cm³/mol. The van der Waals surface area contributed by atoms with E-state index in [0.717, 1.165) is 29.2 Å². The minimum Gasteiger partial charge on any atom is -0.392 e. The number of aromatic nitrogens is 1. The number of nitrogens with zero attached hydrogens (tertiary/aromatic N) is 1. The summed E-state index contributed by atoms with van der Waals surface area (Å²) in [5.41, 5.74) is 5.18. The van der Waals surface area contributed by atoms with E-state index in [2.05, 4.69) is 51.1 Å². The SMILES string of the molecule is CC(C)(C)C1CCc2nc(SCc3ccccc3)c(CO)cc2C1. The van der Waals surface area contributed by atoms with Gasteiger partial charge in [0.15, 0.2) is 0 Å². The summed E-state index contributed by atoms with van der Waals surface area (Å²) in [6.07, 6.45) is 3.36. The second-order valence-electron chi connectivity index (χ2n) is 7.80. The Labute approximate surface area is 149 Å². The minimum atomic E-state index is 0.0671. The van der Waals surface area contributed by atoms with Crippen molar-refractivity contribution in [1.29, 1.82) is 0 Å². The van der Waals surface area contributed by atoms with E-state index in [0.29, 0.717) is 11.3 Å². The molecule has 1 atom stereocenters. The van der Waals surface area contributed by atoms with Crippen molar-refractivity contribution in [2.24, 2.45) is 11.3 Å². The van der Waals surface area contributed by atoms with Gasteiger partial charge in [0.25, 0.3) is 0 Å². The van der Waals surface area contributed by atoms with Gasteiger partial charge in [0.05, 0.1) is 6.61 Å². The molecule has 0 saturated heterocycles. The normalized spacial score (nSPS) is 17.6. The molecule has 0 fully saturated rings. The van der Waals surface area contributed by atoms with E-state index in [9.17, 15) is 5.11 Å². The number of hydrogen-bond acceptors (Lipinski definition) is 3. The molecule has 0 aliphatic heterocycles. The molecule has 0 saturated carbocycles. The first kappa shape index (κ1) is 17.5. The second-order valence-corrected chi connectivity index (χ2v) is 8.76. The van der Waals surface area contributed by atoms with E-state index in [-0.39, 0.29) is 6.61 Å². The fraction of sp³-hybridized carbons (Fsp3) is 0.476. The predicted octanol–water partition coefficient (Wildman–Crippen LogP) is 5.02. The number of fused-ring (bicyclic) bond motifs is 1. The summed E-state index contributed by atoms with van der Waals surface area (Å²) in [6, 6.07) is 12.6. The van der Waals surface area contributed by atoms with Crippen LogP contribution in [-0.4, -0.2) is 10.1 Å². The molecule has 2 nitrogen and oxygen atoms in total. The summed E-state index contributed by atoms with van der Waals surface area (Å²) in [6.45, 7) is 7.05. The van der Waals surface area contributed by atoms with Crippen molar-refractivity contribution in [2.45, 2.75) is 57.4 Å². The Bertz CT molecular complexity index is 691. The molecule has 128 valence electrons. The maximum atomic E-state index is 9.79. The number of aryl methyl sites for hydroxylation is 1. The van der Waals surface area contributed by atoms with E-state index in [1.165, 1.54) is 23.2 Å². The lowest BCUT2D eigenvalue weighted by atomic mass is 9.71. The minimum absolute atomic E-state index is 0.0671. The first-order chi connectivity index (χ1) is 11.5. The van der Waals surface area contributed by atoms with Crippen molar-refractivity contribution in [2.75, 3.05) is 0 Å². The lowest BCUT2D eigenvalue weighted by Gasteiger charge is -2.35. The number of aliphatic hydroxyl groups excluding tert-OH is 1. The van der Waals surface area contributed by atoms with Gasteiger partial charge in [0, 0.05) is 17.0 Å². The molecule has 1 aromatic carbocycles. The monoisotopic (exact) mass is 341 g/mol. The number of pyridine rings is 1. The highest BCUT2D eigenvalue weighted by atomic mass is 32.2. The lowest BCUT2D eigenvalue weighted by molar-refractivity contribution is 0.214. The molecule has 0 bridgehead atoms. The van der Waals surface area contributed by atoms with E-state index in [1.54, 1.807) is 11.8 Å². The van der Waals surface area contributed by atoms with Crippen LogP contribution in [0.15, 0.2) is 41.4 Å². The third kappa shape index (κ3) is 4.01. The molecule has 3 heteroatoms. The Kier molecular flexibility index (Phi) is 5.31. The van der Waals surface area contributed by atoms with E-state index in [4.69, 9.17) is 4.98 Å². The molecular formula is C21H27NOS. The van der Waals surface area contributed by atoms with Gasteiger partial charge in [-0.05, 0) is 47.8 Å². The van der Waals surface area contributed by atoms with Crippen molar-refractivity contribution in [1.82, 2.24) is 4.98 Å². The van der Waals surface area contributed by atoms with Crippen LogP contribution < -0.4 is 0 Å². The average Bonchev–Trinajstić information content (AvgIpc) is 2.58. The molecule has 0 spiro atoms. The number of thioether (sulfide) groups is 1. The van der Waals surface area contributed by atoms with Crippen LogP contribution in [-0.2, 0) is 25.2 Å². The van der Waals surface area contributed by atoms with Crippen LogP contribution in [0.3, 0.4) is 0 Å². The molecule has 0 amide bonds. The Balaban J connectivity index is 1.80. The standard InChI is InChI=1S/C21H27NOS/c1-21(2,3)18-9-10-19-16(12-18)11-17(13-23)20(22-19)24-14-15-7-5-4-6-8-15/h4-8,11,18,23H,9-10,12-14H2,1-3H3. The summed E-state index contributed by atoms with van der Waals surface area (Å²) in [5, 5.41) is 10.8. The highest BCUT2D eigenvalue weighted by Crippen LogP contribution is 2.38. The quantitative estimate of drug-likeness (QED) is 0.793. The molecular weight excluding hydrogens is 314 g/mol. The molecule has 2 aromatic rings. The summed E-state index contributed by atoms with van der Waals surface area (Å²) in [4.78, 5) is 4.92. The van der Waals surface area contributed by atoms with Gasteiger partial charge in [-0.3, -0.25) is 0 Å². The molecule has 1 aromatic heterocycles. The molecule has 1 aliphatic carbocycles. The molecule has 3 rings (SSSR count). The number of benzene rings is 1. The van der Waals surface area contributed by atoms with Crippen molar-refractivity contribution in [3.8, 4) is 0 Å². The number of rotatable bonds is 4. The number of aliphatic hydroxyl groups is 1. The zero-order valence-electron chi connectivity index (χ0n) is 14.9. The van der Waals surface area contributed by atoms with Crippen molar-refractivity contribution < 1.29 is 5.11 Å². The topological polar surface area (TPSA) is 33.1 Å². The van der Waals surface area contributed by atoms with E-state index in [1.807, 2.05) is 6.07 Å². The second kappa shape index (κ2) is 7.28. The van der Waals surface area contributed by atoms with E-state index < -0.39 is 0 Å². The van der Waals surface area contributed by atoms with Crippen LogP contribution in [0.25, 0.3) is 0 Å². The first-order valence-electron chi connectivity index (χ1n) is 8.76. The first-order valence-corrected chi connectivity index (χ1v) is 9.75. The van der Waals surface area contributed by atoms with Gasteiger partial charge in [-0.1, -0.05) is 51.1 Å². The highest BCUT2D eigenvalue weighted by molar-refractivity contribution is 7.98. The van der Waals surface area contributed by atoms with Gasteiger partial charge in [0.2, 0.25) is 0 Å². The number of hydrogen-bond donors (Lipinski definition) is 1. The lowest BCUT2D eigenvalue weighted by Crippen LogP contribution is -2.27. The van der Waals surface area contributed by atoms with Crippen molar-refractivity contribution in [3.63, 3.8) is 0 Å². The van der Waals surface area contributed by atoms with Gasteiger partial charge in [-0.2, -0.15) is 0 Å². The maximum absolute atomic E-state index is 9.79. The van der Waals surface area contributed by atoms with Crippen LogP contribution in [0.2, 0.25) is 0 Å². The van der Waals surface area contributed by atoms with Gasteiger partial charge in [-0.25, -0.2) is 4.98 Å². The molecule has 1 unspecified atom stereocenters. The Morgan fingerprint density at radius 1 is 1.21 bits per heavy atom. The average molecular weight is 342 g/mol. The molecule has 1 heterocycles. The van der Waals surface area contributed by atoms with Crippen molar-refractivity contribution in [3.05, 3.63) is 58.8 Å². The van der Waals surface area contributed by atoms with Gasteiger partial charge in [-0.15, -0.1) is 11.8 Å². The zero-order chi connectivity index (χ0) is 17.2. The molecule has 0 radical (unpaired) electrons. The Morgan fingerprint density at radius 2 is 1.96 bits per heavy atom. The molecule has 24 heavy (non-hydrogen) atoms. The fourth-order valence-corrected chi connectivity index (χ4v) is 4.38. The third-order valence-corrected chi connectivity index (χ3v) is 6.14. The Morgan fingerprint density at radius 3 is 2.62 bits per heavy atom. The van der Waals surface area contributed by atoms with Crippen molar-refractivity contribution >= 4 is 11.8 Å².